The number of nitriles is 1. The van der Waals surface area contributed by atoms with E-state index in [1.165, 1.54) is 12.8 Å². The molecule has 0 saturated carbocycles. The van der Waals surface area contributed by atoms with Gasteiger partial charge in [0.2, 0.25) is 0 Å². The van der Waals surface area contributed by atoms with Crippen LogP contribution in [0.4, 0.5) is 0 Å². The lowest BCUT2D eigenvalue weighted by Crippen LogP contribution is -2.46. The maximum Gasteiger partial charge on any atom is 0.108 e. The van der Waals surface area contributed by atoms with Crippen LogP contribution >= 0.6 is 0 Å². The van der Waals surface area contributed by atoms with E-state index < -0.39 is 0 Å². The number of ether oxygens (including phenoxy) is 1. The van der Waals surface area contributed by atoms with E-state index in [-0.39, 0.29) is 6.04 Å². The second-order valence-corrected chi connectivity index (χ2v) is 5.23. The maximum absolute atomic E-state index is 9.11. The highest BCUT2D eigenvalue weighted by atomic mass is 16.5. The van der Waals surface area contributed by atoms with Crippen LogP contribution < -0.4 is 5.32 Å². The number of nitrogens with zero attached hydrogens (tertiary/aromatic N) is 2. The molecular formula is C13H25N3O. The third kappa shape index (κ3) is 5.49. The Bertz CT molecular complexity index is 248. The lowest BCUT2D eigenvalue weighted by Gasteiger charge is -2.33. The molecule has 0 amide bonds. The molecule has 0 bridgehead atoms. The minimum absolute atomic E-state index is 0.0590. The van der Waals surface area contributed by atoms with Gasteiger partial charge in [-0.15, -0.1) is 0 Å². The highest BCUT2D eigenvalue weighted by Gasteiger charge is 2.22. The molecule has 1 aliphatic heterocycles. The van der Waals surface area contributed by atoms with E-state index in [0.29, 0.717) is 12.0 Å². The molecule has 0 aromatic carbocycles. The van der Waals surface area contributed by atoms with Crippen molar-refractivity contribution < 1.29 is 4.74 Å². The highest BCUT2D eigenvalue weighted by Crippen LogP contribution is 2.16. The van der Waals surface area contributed by atoms with Gasteiger partial charge in [-0.3, -0.25) is 5.32 Å². The summed E-state index contributed by atoms with van der Waals surface area (Å²) in [5, 5.41) is 12.4. The van der Waals surface area contributed by atoms with Crippen molar-refractivity contribution in [3.05, 3.63) is 0 Å². The molecule has 0 radical (unpaired) electrons. The van der Waals surface area contributed by atoms with Gasteiger partial charge in [-0.2, -0.15) is 5.26 Å². The Hall–Kier alpha value is -0.630. The normalized spacial score (nSPS) is 23.6. The average molecular weight is 239 g/mol. The topological polar surface area (TPSA) is 48.3 Å². The van der Waals surface area contributed by atoms with E-state index in [2.05, 4.69) is 30.1 Å². The van der Waals surface area contributed by atoms with E-state index in [4.69, 9.17) is 10.00 Å². The summed E-state index contributed by atoms with van der Waals surface area (Å²) in [4.78, 5) is 2.39. The average Bonchev–Trinajstić information content (AvgIpc) is 2.28. The first-order chi connectivity index (χ1) is 8.15. The number of nitrogens with one attached hydrogen (secondary N) is 1. The first kappa shape index (κ1) is 14.4. The highest BCUT2D eigenvalue weighted by molar-refractivity contribution is 4.93. The molecule has 4 nitrogen and oxygen atoms in total. The molecule has 1 heterocycles. The summed E-state index contributed by atoms with van der Waals surface area (Å²) in [6.07, 6.45) is 2.47. The fourth-order valence-electron chi connectivity index (χ4n) is 2.48. The Kier molecular flexibility index (Phi) is 6.49. The first-order valence-electron chi connectivity index (χ1n) is 6.52. The van der Waals surface area contributed by atoms with Crippen molar-refractivity contribution >= 4 is 0 Å². The lowest BCUT2D eigenvalue weighted by atomic mass is 9.98. The van der Waals surface area contributed by atoms with Crippen molar-refractivity contribution in [1.29, 1.82) is 5.26 Å². The van der Waals surface area contributed by atoms with Crippen LogP contribution in [0.5, 0.6) is 0 Å². The zero-order chi connectivity index (χ0) is 12.7. The summed E-state index contributed by atoms with van der Waals surface area (Å²) in [7, 11) is 1.76. The van der Waals surface area contributed by atoms with Crippen LogP contribution in [0.15, 0.2) is 0 Å². The van der Waals surface area contributed by atoms with Gasteiger partial charge in [0.1, 0.15) is 6.04 Å². The second-order valence-electron chi connectivity index (χ2n) is 5.23. The van der Waals surface area contributed by atoms with Gasteiger partial charge in [0, 0.05) is 26.2 Å². The smallest absolute Gasteiger partial charge is 0.108 e. The Morgan fingerprint density at radius 2 is 2.29 bits per heavy atom. The van der Waals surface area contributed by atoms with E-state index in [9.17, 15) is 0 Å². The second kappa shape index (κ2) is 7.65. The van der Waals surface area contributed by atoms with Crippen LogP contribution in [-0.2, 0) is 4.74 Å². The summed E-state index contributed by atoms with van der Waals surface area (Å²) < 4.78 is 5.22. The summed E-state index contributed by atoms with van der Waals surface area (Å²) in [5.41, 5.74) is 0. The molecule has 1 rings (SSSR count). The van der Waals surface area contributed by atoms with E-state index in [1.807, 2.05) is 0 Å². The van der Waals surface area contributed by atoms with Crippen molar-refractivity contribution in [3.8, 4) is 6.07 Å². The standard InChI is InChI=1S/C13H25N3O/c1-11(2)15-13(7-14)9-16-6-4-5-12(8-16)10-17-3/h11-13,15H,4-6,8-10H2,1-3H3. The molecule has 1 saturated heterocycles. The van der Waals surface area contributed by atoms with Gasteiger partial charge in [-0.1, -0.05) is 0 Å². The summed E-state index contributed by atoms with van der Waals surface area (Å²) in [6, 6.07) is 2.64. The van der Waals surface area contributed by atoms with E-state index >= 15 is 0 Å². The van der Waals surface area contributed by atoms with Crippen LogP contribution in [0.2, 0.25) is 0 Å². The Labute approximate surface area is 105 Å². The van der Waals surface area contributed by atoms with Gasteiger partial charge >= 0.3 is 0 Å². The van der Waals surface area contributed by atoms with Gasteiger partial charge in [0.15, 0.2) is 0 Å². The fourth-order valence-corrected chi connectivity index (χ4v) is 2.48. The molecule has 98 valence electrons. The van der Waals surface area contributed by atoms with Crippen molar-refractivity contribution in [1.82, 2.24) is 10.2 Å². The Balaban J connectivity index is 2.36. The number of methoxy groups -OCH3 is 1. The number of hydrogen-bond donors (Lipinski definition) is 1. The van der Waals surface area contributed by atoms with Crippen LogP contribution in [-0.4, -0.2) is 50.3 Å². The van der Waals surface area contributed by atoms with Crippen molar-refractivity contribution in [2.24, 2.45) is 5.92 Å². The summed E-state index contributed by atoms with van der Waals surface area (Å²) in [6.45, 7) is 7.99. The molecule has 17 heavy (non-hydrogen) atoms. The first-order valence-corrected chi connectivity index (χ1v) is 6.52. The molecule has 4 heteroatoms. The van der Waals surface area contributed by atoms with Crippen molar-refractivity contribution in [2.45, 2.75) is 38.8 Å². The van der Waals surface area contributed by atoms with Gasteiger partial charge < -0.3 is 9.64 Å². The predicted octanol–water partition coefficient (Wildman–Crippen LogP) is 1.23. The third-order valence-electron chi connectivity index (χ3n) is 3.14. The van der Waals surface area contributed by atoms with Crippen molar-refractivity contribution in [3.63, 3.8) is 0 Å². The predicted molar refractivity (Wildman–Crippen MR) is 68.7 cm³/mol. The van der Waals surface area contributed by atoms with Crippen LogP contribution in [0.1, 0.15) is 26.7 Å². The largest absolute Gasteiger partial charge is 0.384 e. The van der Waals surface area contributed by atoms with Crippen molar-refractivity contribution in [2.75, 3.05) is 33.4 Å². The van der Waals surface area contributed by atoms with Crippen LogP contribution in [0.25, 0.3) is 0 Å². The van der Waals surface area contributed by atoms with Crippen LogP contribution in [0.3, 0.4) is 0 Å². The Morgan fingerprint density at radius 3 is 2.88 bits per heavy atom. The third-order valence-corrected chi connectivity index (χ3v) is 3.14. The minimum Gasteiger partial charge on any atom is -0.384 e. The quantitative estimate of drug-likeness (QED) is 0.757. The molecule has 1 aliphatic rings. The molecule has 2 atom stereocenters. The van der Waals surface area contributed by atoms with Gasteiger partial charge in [0.25, 0.3) is 0 Å². The van der Waals surface area contributed by atoms with Gasteiger partial charge in [-0.25, -0.2) is 0 Å². The van der Waals surface area contributed by atoms with E-state index in [1.54, 1.807) is 7.11 Å². The molecular weight excluding hydrogens is 214 g/mol. The monoisotopic (exact) mass is 239 g/mol. The molecule has 0 aromatic heterocycles. The minimum atomic E-state index is -0.0590. The molecule has 0 aromatic rings. The number of likely N-dealkylation sites (tertiary alicyclic amines) is 1. The molecule has 1 fully saturated rings. The Morgan fingerprint density at radius 1 is 1.53 bits per heavy atom. The lowest BCUT2D eigenvalue weighted by molar-refractivity contribution is 0.0880. The van der Waals surface area contributed by atoms with Crippen LogP contribution in [0, 0.1) is 17.2 Å². The number of rotatable bonds is 6. The van der Waals surface area contributed by atoms with E-state index in [0.717, 1.165) is 26.2 Å². The number of hydrogen-bond acceptors (Lipinski definition) is 4. The maximum atomic E-state index is 9.11. The summed E-state index contributed by atoms with van der Waals surface area (Å²) >= 11 is 0. The zero-order valence-corrected chi connectivity index (χ0v) is 11.3. The molecule has 0 aliphatic carbocycles. The molecule has 2 unspecified atom stereocenters. The SMILES string of the molecule is COCC1CCCN(CC(C#N)NC(C)C)C1. The van der Waals surface area contributed by atoms with Gasteiger partial charge in [-0.05, 0) is 39.2 Å². The zero-order valence-electron chi connectivity index (χ0n) is 11.3. The fraction of sp³-hybridized carbons (Fsp3) is 0.923. The molecule has 1 N–H and O–H groups in total. The summed E-state index contributed by atoms with van der Waals surface area (Å²) in [5.74, 6) is 0.632. The van der Waals surface area contributed by atoms with Gasteiger partial charge in [0.05, 0.1) is 12.7 Å². The number of piperidine rings is 1. The molecule has 0 spiro atoms.